The maximum Gasteiger partial charge on any atom is 0.330 e. The number of fused-ring (bicyclic) bond motifs is 2. The van der Waals surface area contributed by atoms with Crippen LogP contribution in [-0.4, -0.2) is 11.6 Å². The van der Waals surface area contributed by atoms with Crippen molar-refractivity contribution < 1.29 is 9.53 Å². The third-order valence-electron chi connectivity index (χ3n) is 4.79. The van der Waals surface area contributed by atoms with Crippen LogP contribution >= 0.6 is 0 Å². The number of carbonyl (C=O) groups is 1. The zero-order valence-corrected chi connectivity index (χ0v) is 11.8. The lowest BCUT2D eigenvalue weighted by molar-refractivity contribution is -0.151. The summed E-state index contributed by atoms with van der Waals surface area (Å²) in [7, 11) is 0. The Morgan fingerprint density at radius 1 is 1.39 bits per heavy atom. The minimum Gasteiger partial charge on any atom is -0.457 e. The Bertz CT molecular complexity index is 319. The fourth-order valence-corrected chi connectivity index (χ4v) is 3.85. The lowest BCUT2D eigenvalue weighted by Gasteiger charge is -2.27. The zero-order valence-electron chi connectivity index (χ0n) is 11.8. The third kappa shape index (κ3) is 3.37. The highest BCUT2D eigenvalue weighted by Gasteiger charge is 2.37. The monoisotopic (exact) mass is 250 g/mol. The van der Waals surface area contributed by atoms with E-state index in [-0.39, 0.29) is 11.6 Å². The van der Waals surface area contributed by atoms with Crippen LogP contribution in [0.25, 0.3) is 0 Å². The molecule has 0 spiro atoms. The highest BCUT2D eigenvalue weighted by Crippen LogP contribution is 2.48. The Kier molecular flexibility index (Phi) is 4.14. The molecule has 2 aliphatic carbocycles. The van der Waals surface area contributed by atoms with Crippen molar-refractivity contribution in [3.05, 3.63) is 12.7 Å². The second kappa shape index (κ2) is 5.46. The Balaban J connectivity index is 1.80. The van der Waals surface area contributed by atoms with Crippen LogP contribution in [0.2, 0.25) is 0 Å². The van der Waals surface area contributed by atoms with E-state index in [1.807, 2.05) is 13.8 Å². The van der Waals surface area contributed by atoms with Gasteiger partial charge in [-0.1, -0.05) is 25.8 Å². The van der Waals surface area contributed by atoms with E-state index in [9.17, 15) is 4.79 Å². The van der Waals surface area contributed by atoms with Crippen molar-refractivity contribution in [3.8, 4) is 0 Å². The molecule has 102 valence electrons. The Morgan fingerprint density at radius 2 is 2.17 bits per heavy atom. The molecular formula is C16H26O2. The van der Waals surface area contributed by atoms with Crippen LogP contribution in [0.4, 0.5) is 0 Å². The van der Waals surface area contributed by atoms with E-state index in [1.54, 1.807) is 0 Å². The predicted molar refractivity (Wildman–Crippen MR) is 73.2 cm³/mol. The van der Waals surface area contributed by atoms with Crippen molar-refractivity contribution in [2.45, 2.75) is 64.4 Å². The zero-order chi connectivity index (χ0) is 13.2. The lowest BCUT2D eigenvalue weighted by atomic mass is 9.84. The van der Waals surface area contributed by atoms with Crippen molar-refractivity contribution in [1.29, 1.82) is 0 Å². The first kappa shape index (κ1) is 13.6. The molecule has 3 unspecified atom stereocenters. The third-order valence-corrected chi connectivity index (χ3v) is 4.79. The standard InChI is InChI=1S/C16H26O2/c1-4-15(17)18-16(2,3)9-8-14-11-12-6-5-7-13(14)10-12/h4,12-14H,1,5-11H2,2-3H3. The molecule has 2 saturated carbocycles. The Hall–Kier alpha value is -0.790. The van der Waals surface area contributed by atoms with Gasteiger partial charge in [-0.2, -0.15) is 0 Å². The summed E-state index contributed by atoms with van der Waals surface area (Å²) in [6, 6.07) is 0. The number of hydrogen-bond donors (Lipinski definition) is 0. The van der Waals surface area contributed by atoms with Gasteiger partial charge in [0.15, 0.2) is 0 Å². The summed E-state index contributed by atoms with van der Waals surface area (Å²) < 4.78 is 5.40. The van der Waals surface area contributed by atoms with E-state index in [1.165, 1.54) is 44.6 Å². The maximum absolute atomic E-state index is 11.3. The fourth-order valence-electron chi connectivity index (χ4n) is 3.85. The first-order chi connectivity index (χ1) is 8.50. The molecule has 2 nitrogen and oxygen atoms in total. The minimum absolute atomic E-state index is 0.301. The molecule has 3 atom stereocenters. The van der Waals surface area contributed by atoms with Gasteiger partial charge in [-0.25, -0.2) is 4.79 Å². The molecule has 0 saturated heterocycles. The van der Waals surface area contributed by atoms with Crippen LogP contribution in [0.1, 0.15) is 58.8 Å². The van der Waals surface area contributed by atoms with Gasteiger partial charge in [-0.15, -0.1) is 0 Å². The van der Waals surface area contributed by atoms with Gasteiger partial charge >= 0.3 is 5.97 Å². The van der Waals surface area contributed by atoms with Crippen molar-refractivity contribution in [3.63, 3.8) is 0 Å². The summed E-state index contributed by atoms with van der Waals surface area (Å²) in [4.78, 5) is 11.3. The first-order valence-electron chi connectivity index (χ1n) is 7.35. The molecule has 0 N–H and O–H groups in total. The SMILES string of the molecule is C=CC(=O)OC(C)(C)CCC1CC2CCCC1C2. The van der Waals surface area contributed by atoms with E-state index in [0.29, 0.717) is 0 Å². The van der Waals surface area contributed by atoms with Gasteiger partial charge in [-0.05, 0) is 57.3 Å². The Labute approximate surface area is 111 Å². The number of hydrogen-bond acceptors (Lipinski definition) is 2. The summed E-state index contributed by atoms with van der Waals surface area (Å²) in [6.45, 7) is 7.47. The molecule has 0 radical (unpaired) electrons. The van der Waals surface area contributed by atoms with Crippen LogP contribution in [0.5, 0.6) is 0 Å². The van der Waals surface area contributed by atoms with Gasteiger partial charge in [0.1, 0.15) is 5.60 Å². The van der Waals surface area contributed by atoms with Gasteiger partial charge in [0, 0.05) is 6.08 Å². The number of esters is 1. The second-order valence-corrected chi connectivity index (χ2v) is 6.71. The van der Waals surface area contributed by atoms with Crippen LogP contribution < -0.4 is 0 Å². The molecule has 0 aromatic heterocycles. The van der Waals surface area contributed by atoms with Crippen molar-refractivity contribution in [2.75, 3.05) is 0 Å². The smallest absolute Gasteiger partial charge is 0.330 e. The number of rotatable bonds is 5. The van der Waals surface area contributed by atoms with Crippen LogP contribution in [0.3, 0.4) is 0 Å². The summed E-state index contributed by atoms with van der Waals surface area (Å²) in [5.41, 5.74) is -0.345. The molecule has 2 fully saturated rings. The summed E-state index contributed by atoms with van der Waals surface area (Å²) in [6.07, 6.45) is 10.6. The van der Waals surface area contributed by atoms with E-state index in [0.717, 1.165) is 24.2 Å². The molecule has 2 bridgehead atoms. The Morgan fingerprint density at radius 3 is 2.83 bits per heavy atom. The molecule has 0 aliphatic heterocycles. The molecule has 2 rings (SSSR count). The van der Waals surface area contributed by atoms with Gasteiger partial charge in [0.25, 0.3) is 0 Å². The van der Waals surface area contributed by atoms with Crippen molar-refractivity contribution >= 4 is 5.97 Å². The topological polar surface area (TPSA) is 26.3 Å². The van der Waals surface area contributed by atoms with E-state index >= 15 is 0 Å². The molecular weight excluding hydrogens is 224 g/mol. The largest absolute Gasteiger partial charge is 0.457 e. The van der Waals surface area contributed by atoms with Crippen molar-refractivity contribution in [1.82, 2.24) is 0 Å². The first-order valence-corrected chi connectivity index (χ1v) is 7.35. The summed E-state index contributed by atoms with van der Waals surface area (Å²) in [5, 5.41) is 0. The average molecular weight is 250 g/mol. The molecule has 2 aliphatic rings. The normalized spacial score (nSPS) is 31.1. The lowest BCUT2D eigenvalue weighted by Crippen LogP contribution is -2.28. The molecule has 0 amide bonds. The van der Waals surface area contributed by atoms with E-state index in [2.05, 4.69) is 6.58 Å². The number of ether oxygens (including phenoxy) is 1. The fraction of sp³-hybridized carbons (Fsp3) is 0.812. The van der Waals surface area contributed by atoms with Gasteiger partial charge < -0.3 is 4.74 Å². The quantitative estimate of drug-likeness (QED) is 0.542. The molecule has 18 heavy (non-hydrogen) atoms. The van der Waals surface area contributed by atoms with Crippen LogP contribution in [0.15, 0.2) is 12.7 Å². The molecule has 2 heteroatoms. The van der Waals surface area contributed by atoms with Gasteiger partial charge in [0.05, 0.1) is 0 Å². The summed E-state index contributed by atoms with van der Waals surface area (Å²) >= 11 is 0. The minimum atomic E-state index is -0.345. The van der Waals surface area contributed by atoms with Gasteiger partial charge in [0.2, 0.25) is 0 Å². The van der Waals surface area contributed by atoms with Crippen LogP contribution in [0, 0.1) is 17.8 Å². The summed E-state index contributed by atoms with van der Waals surface area (Å²) in [5.74, 6) is 2.52. The average Bonchev–Trinajstić information content (AvgIpc) is 2.61. The highest BCUT2D eigenvalue weighted by atomic mass is 16.6. The number of carbonyl (C=O) groups excluding carboxylic acids is 1. The maximum atomic E-state index is 11.3. The highest BCUT2D eigenvalue weighted by molar-refractivity contribution is 5.81. The molecule has 0 aromatic rings. The van der Waals surface area contributed by atoms with Gasteiger partial charge in [-0.3, -0.25) is 0 Å². The van der Waals surface area contributed by atoms with Crippen LogP contribution in [-0.2, 0) is 9.53 Å². The van der Waals surface area contributed by atoms with E-state index < -0.39 is 0 Å². The van der Waals surface area contributed by atoms with E-state index in [4.69, 9.17) is 4.74 Å². The molecule has 0 heterocycles. The second-order valence-electron chi connectivity index (χ2n) is 6.71. The predicted octanol–water partition coefficient (Wildman–Crippen LogP) is 4.10. The molecule has 0 aromatic carbocycles. The van der Waals surface area contributed by atoms with Crippen molar-refractivity contribution in [2.24, 2.45) is 17.8 Å².